The van der Waals surface area contributed by atoms with Gasteiger partial charge in [-0.3, -0.25) is 9.36 Å². The summed E-state index contributed by atoms with van der Waals surface area (Å²) in [6.07, 6.45) is 1.00. The van der Waals surface area contributed by atoms with Crippen molar-refractivity contribution in [3.8, 4) is 0 Å². The van der Waals surface area contributed by atoms with Crippen LogP contribution in [-0.4, -0.2) is 26.3 Å². The number of ether oxygens (including phenoxy) is 1. The Balaban J connectivity index is 4.27. The van der Waals surface area contributed by atoms with Crippen molar-refractivity contribution in [3.63, 3.8) is 0 Å². The Hall–Kier alpha value is -0.640. The zero-order chi connectivity index (χ0) is 11.2. The number of carbonyl (C=O) groups excluding carboxylic acids is 1. The van der Waals surface area contributed by atoms with Crippen LogP contribution in [0.1, 0.15) is 13.8 Å². The quantitative estimate of drug-likeness (QED) is 0.525. The topological polar surface area (TPSA) is 61.8 Å². The fraction of sp³-hybridized carbons (Fsp3) is 0.625. The fourth-order valence-electron chi connectivity index (χ4n) is 0.724. The van der Waals surface area contributed by atoms with Crippen LogP contribution < -0.4 is 0 Å². The van der Waals surface area contributed by atoms with Gasteiger partial charge in [0.05, 0.1) is 0 Å². The van der Waals surface area contributed by atoms with Gasteiger partial charge < -0.3 is 13.8 Å². The van der Waals surface area contributed by atoms with Crippen molar-refractivity contribution in [1.29, 1.82) is 0 Å². The molecular weight excluding hydrogens is 207 g/mol. The van der Waals surface area contributed by atoms with E-state index < -0.39 is 19.7 Å². The van der Waals surface area contributed by atoms with E-state index >= 15 is 0 Å². The lowest BCUT2D eigenvalue weighted by Crippen LogP contribution is -2.08. The zero-order valence-corrected chi connectivity index (χ0v) is 9.61. The molecule has 0 bridgehead atoms. The molecule has 0 saturated heterocycles. The first-order valence-electron chi connectivity index (χ1n) is 4.01. The maximum Gasteiger partial charge on any atom is 0.353 e. The van der Waals surface area contributed by atoms with Crippen LogP contribution in [0.2, 0.25) is 0 Å². The van der Waals surface area contributed by atoms with Gasteiger partial charge in [-0.1, -0.05) is 0 Å². The van der Waals surface area contributed by atoms with Crippen molar-refractivity contribution in [2.75, 3.05) is 14.2 Å². The molecule has 0 aliphatic heterocycles. The van der Waals surface area contributed by atoms with Crippen molar-refractivity contribution in [2.45, 2.75) is 20.0 Å². The Morgan fingerprint density at radius 3 is 2.21 bits per heavy atom. The standard InChI is InChI=1S/C8H15O5P/c1-7(13-8(2)9)5-6-14(10,11-3)12-4/h5-7H,1-4H3/b6-5+. The number of rotatable bonds is 5. The van der Waals surface area contributed by atoms with Crippen LogP contribution in [0.4, 0.5) is 0 Å². The van der Waals surface area contributed by atoms with Crippen molar-refractivity contribution in [1.82, 2.24) is 0 Å². The zero-order valence-electron chi connectivity index (χ0n) is 8.72. The predicted molar refractivity (Wildman–Crippen MR) is 52.0 cm³/mol. The molecular formula is C8H15O5P. The summed E-state index contributed by atoms with van der Waals surface area (Å²) >= 11 is 0. The molecule has 0 heterocycles. The second-order valence-electron chi connectivity index (χ2n) is 2.56. The summed E-state index contributed by atoms with van der Waals surface area (Å²) in [4.78, 5) is 10.5. The number of hydrogen-bond acceptors (Lipinski definition) is 5. The van der Waals surface area contributed by atoms with Gasteiger partial charge in [-0.15, -0.1) is 0 Å². The number of carbonyl (C=O) groups is 1. The van der Waals surface area contributed by atoms with Crippen molar-refractivity contribution in [2.24, 2.45) is 0 Å². The van der Waals surface area contributed by atoms with Crippen LogP contribution in [0.15, 0.2) is 11.9 Å². The first kappa shape index (κ1) is 13.4. The summed E-state index contributed by atoms with van der Waals surface area (Å²) in [5.74, 6) is 0.868. The average molecular weight is 222 g/mol. The number of esters is 1. The Bertz CT molecular complexity index is 252. The minimum absolute atomic E-state index is 0.396. The highest BCUT2D eigenvalue weighted by Crippen LogP contribution is 2.47. The average Bonchev–Trinajstić information content (AvgIpc) is 2.13. The summed E-state index contributed by atoms with van der Waals surface area (Å²) in [6.45, 7) is 2.95. The lowest BCUT2D eigenvalue weighted by Gasteiger charge is -2.10. The van der Waals surface area contributed by atoms with E-state index in [4.69, 9.17) is 4.74 Å². The normalized spacial score (nSPS) is 14.3. The van der Waals surface area contributed by atoms with E-state index in [0.717, 1.165) is 0 Å². The highest BCUT2D eigenvalue weighted by Gasteiger charge is 2.16. The minimum atomic E-state index is -3.15. The number of hydrogen-bond donors (Lipinski definition) is 0. The molecule has 0 fully saturated rings. The Morgan fingerprint density at radius 2 is 1.86 bits per heavy atom. The van der Waals surface area contributed by atoms with Crippen LogP contribution in [0.25, 0.3) is 0 Å². The second-order valence-corrected chi connectivity index (χ2v) is 4.67. The van der Waals surface area contributed by atoms with Gasteiger partial charge in [0, 0.05) is 27.0 Å². The molecule has 14 heavy (non-hydrogen) atoms. The van der Waals surface area contributed by atoms with Crippen LogP contribution >= 0.6 is 7.60 Å². The van der Waals surface area contributed by atoms with Gasteiger partial charge in [0.15, 0.2) is 0 Å². The Kier molecular flexibility index (Phi) is 5.69. The summed E-state index contributed by atoms with van der Waals surface area (Å²) < 4.78 is 25.5. The lowest BCUT2D eigenvalue weighted by atomic mass is 10.4. The molecule has 0 N–H and O–H groups in total. The molecule has 0 aliphatic rings. The molecule has 0 aromatic heterocycles. The van der Waals surface area contributed by atoms with E-state index in [9.17, 15) is 9.36 Å². The molecule has 0 aromatic carbocycles. The van der Waals surface area contributed by atoms with Gasteiger partial charge in [-0.2, -0.15) is 0 Å². The lowest BCUT2D eigenvalue weighted by molar-refractivity contribution is -0.143. The van der Waals surface area contributed by atoms with Gasteiger partial charge in [-0.05, 0) is 13.0 Å². The third-order valence-electron chi connectivity index (χ3n) is 1.40. The molecule has 0 aliphatic carbocycles. The third-order valence-corrected chi connectivity index (χ3v) is 2.96. The molecule has 1 atom stereocenters. The summed E-state index contributed by atoms with van der Waals surface area (Å²) in [7, 11) is -0.585. The van der Waals surface area contributed by atoms with Crippen LogP contribution in [0, 0.1) is 0 Å². The molecule has 0 saturated carbocycles. The molecule has 5 nitrogen and oxygen atoms in total. The largest absolute Gasteiger partial charge is 0.459 e. The van der Waals surface area contributed by atoms with Crippen molar-refractivity contribution in [3.05, 3.63) is 11.9 Å². The summed E-state index contributed by atoms with van der Waals surface area (Å²) in [5.41, 5.74) is 0. The van der Waals surface area contributed by atoms with Gasteiger partial charge >= 0.3 is 13.6 Å². The van der Waals surface area contributed by atoms with Crippen molar-refractivity contribution >= 4 is 13.6 Å². The van der Waals surface area contributed by atoms with E-state index in [2.05, 4.69) is 9.05 Å². The first-order chi connectivity index (χ1) is 6.43. The molecule has 1 unspecified atom stereocenters. The minimum Gasteiger partial charge on any atom is -0.459 e. The maximum absolute atomic E-state index is 11.5. The van der Waals surface area contributed by atoms with Crippen LogP contribution in [0.3, 0.4) is 0 Å². The highest BCUT2D eigenvalue weighted by atomic mass is 31.2. The van der Waals surface area contributed by atoms with Crippen LogP contribution in [-0.2, 0) is 23.1 Å². The monoisotopic (exact) mass is 222 g/mol. The van der Waals surface area contributed by atoms with Crippen LogP contribution in [0.5, 0.6) is 0 Å². The molecule has 0 rings (SSSR count). The highest BCUT2D eigenvalue weighted by molar-refractivity contribution is 7.57. The predicted octanol–water partition coefficient (Wildman–Crippen LogP) is 1.94. The van der Waals surface area contributed by atoms with E-state index in [1.54, 1.807) is 6.92 Å². The first-order valence-corrected chi connectivity index (χ1v) is 5.62. The fourth-order valence-corrected chi connectivity index (χ4v) is 1.57. The second kappa shape index (κ2) is 5.96. The Labute approximate surface area is 83.6 Å². The molecule has 0 radical (unpaired) electrons. The van der Waals surface area contributed by atoms with Gasteiger partial charge in [0.2, 0.25) is 0 Å². The third kappa shape index (κ3) is 5.17. The molecule has 6 heteroatoms. The van der Waals surface area contributed by atoms with Gasteiger partial charge in [0.1, 0.15) is 6.10 Å². The van der Waals surface area contributed by atoms with Crippen molar-refractivity contribution < 1.29 is 23.1 Å². The molecule has 0 aromatic rings. The van der Waals surface area contributed by atoms with E-state index in [0.29, 0.717) is 0 Å². The molecule has 82 valence electrons. The van der Waals surface area contributed by atoms with E-state index in [1.165, 1.54) is 33.0 Å². The maximum atomic E-state index is 11.5. The smallest absolute Gasteiger partial charge is 0.353 e. The molecule has 0 amide bonds. The SMILES string of the molecule is COP(=O)(/C=C/C(C)OC(C)=O)OC. The van der Waals surface area contributed by atoms with Gasteiger partial charge in [0.25, 0.3) is 0 Å². The summed E-state index contributed by atoms with van der Waals surface area (Å²) in [6, 6.07) is 0. The van der Waals surface area contributed by atoms with E-state index in [-0.39, 0.29) is 0 Å². The summed E-state index contributed by atoms with van der Waals surface area (Å²) in [5, 5.41) is 0. The van der Waals surface area contributed by atoms with E-state index in [1.807, 2.05) is 0 Å². The molecule has 0 spiro atoms. The van der Waals surface area contributed by atoms with Gasteiger partial charge in [-0.25, -0.2) is 0 Å². The Morgan fingerprint density at radius 1 is 1.36 bits per heavy atom.